The van der Waals surface area contributed by atoms with Gasteiger partial charge in [0.2, 0.25) is 0 Å². The molecule has 5 heteroatoms. The molecule has 0 aliphatic heterocycles. The summed E-state index contributed by atoms with van der Waals surface area (Å²) >= 11 is 1.65. The number of hydrogen-bond acceptors (Lipinski definition) is 3. The Morgan fingerprint density at radius 2 is 2.14 bits per heavy atom. The highest BCUT2D eigenvalue weighted by Crippen LogP contribution is 2.25. The van der Waals surface area contributed by atoms with Crippen molar-refractivity contribution in [1.29, 1.82) is 0 Å². The van der Waals surface area contributed by atoms with Gasteiger partial charge in [0.25, 0.3) is 0 Å². The first-order valence-electron chi connectivity index (χ1n) is 6.76. The third kappa shape index (κ3) is 2.89. The Morgan fingerprint density at radius 3 is 2.86 bits per heavy atom. The number of nitrogens with one attached hydrogen (secondary N) is 1. The van der Waals surface area contributed by atoms with E-state index < -0.39 is 0 Å². The quantitative estimate of drug-likeness (QED) is 0.778. The summed E-state index contributed by atoms with van der Waals surface area (Å²) in [6, 6.07) is 10.8. The Balaban J connectivity index is 1.89. The lowest BCUT2D eigenvalue weighted by atomic mass is 10.1. The topological polar surface area (TPSA) is 29.9 Å². The van der Waals surface area contributed by atoms with Crippen molar-refractivity contribution in [3.8, 4) is 10.7 Å². The second-order valence-corrected chi connectivity index (χ2v) is 5.69. The molecule has 2 heterocycles. The minimum absolute atomic E-state index is 0.0980. The fourth-order valence-electron chi connectivity index (χ4n) is 2.39. The maximum Gasteiger partial charge on any atom is 0.150 e. The summed E-state index contributed by atoms with van der Waals surface area (Å²) in [6.45, 7) is 0.630. The molecule has 1 unspecified atom stereocenters. The Morgan fingerprint density at radius 1 is 1.29 bits per heavy atom. The van der Waals surface area contributed by atoms with Crippen molar-refractivity contribution in [2.45, 2.75) is 12.6 Å². The van der Waals surface area contributed by atoms with Gasteiger partial charge in [-0.3, -0.25) is 0 Å². The van der Waals surface area contributed by atoms with Gasteiger partial charge in [0.15, 0.2) is 0 Å². The first-order chi connectivity index (χ1) is 10.3. The van der Waals surface area contributed by atoms with Crippen LogP contribution in [-0.4, -0.2) is 16.6 Å². The molecule has 0 spiro atoms. The number of imidazole rings is 1. The number of thiophene rings is 1. The van der Waals surface area contributed by atoms with Crippen LogP contribution in [0.25, 0.3) is 10.7 Å². The van der Waals surface area contributed by atoms with Crippen molar-refractivity contribution in [3.63, 3.8) is 0 Å². The molecule has 0 saturated heterocycles. The smallest absolute Gasteiger partial charge is 0.150 e. The van der Waals surface area contributed by atoms with Gasteiger partial charge in [0, 0.05) is 24.5 Å². The summed E-state index contributed by atoms with van der Waals surface area (Å²) in [5.41, 5.74) is 0.672. The molecule has 0 amide bonds. The van der Waals surface area contributed by atoms with Crippen molar-refractivity contribution in [3.05, 3.63) is 65.6 Å². The number of benzene rings is 1. The fourth-order valence-corrected chi connectivity index (χ4v) is 3.12. The summed E-state index contributed by atoms with van der Waals surface area (Å²) in [6.07, 6.45) is 3.71. The monoisotopic (exact) mass is 301 g/mol. The number of likely N-dealkylation sites (N-methyl/N-ethyl adjacent to an activating group) is 1. The summed E-state index contributed by atoms with van der Waals surface area (Å²) in [5, 5.41) is 5.21. The van der Waals surface area contributed by atoms with Crippen LogP contribution in [0, 0.1) is 5.82 Å². The van der Waals surface area contributed by atoms with E-state index in [-0.39, 0.29) is 11.9 Å². The van der Waals surface area contributed by atoms with Gasteiger partial charge in [-0.05, 0) is 24.6 Å². The predicted molar refractivity (Wildman–Crippen MR) is 83.7 cm³/mol. The Kier molecular flexibility index (Phi) is 4.13. The highest BCUT2D eigenvalue weighted by atomic mass is 32.1. The third-order valence-electron chi connectivity index (χ3n) is 3.47. The number of aromatic nitrogens is 2. The molecule has 1 N–H and O–H groups in total. The number of rotatable bonds is 5. The molecule has 0 bridgehead atoms. The molecule has 3 nitrogen and oxygen atoms in total. The first kappa shape index (κ1) is 14.0. The van der Waals surface area contributed by atoms with Crippen LogP contribution in [0.5, 0.6) is 0 Å². The predicted octanol–water partition coefficient (Wildman–Crippen LogP) is 3.71. The summed E-state index contributed by atoms with van der Waals surface area (Å²) in [7, 11) is 1.85. The summed E-state index contributed by atoms with van der Waals surface area (Å²) in [5.74, 6) is 0.733. The van der Waals surface area contributed by atoms with Crippen LogP contribution in [-0.2, 0) is 6.54 Å². The van der Waals surface area contributed by atoms with E-state index in [4.69, 9.17) is 0 Å². The molecule has 108 valence electrons. The third-order valence-corrected chi connectivity index (χ3v) is 4.33. The van der Waals surface area contributed by atoms with Crippen LogP contribution in [0.2, 0.25) is 0 Å². The minimum atomic E-state index is -0.186. The fraction of sp³-hybridized carbons (Fsp3) is 0.188. The molecule has 0 aliphatic rings. The number of hydrogen-bond donors (Lipinski definition) is 1. The number of nitrogens with zero attached hydrogens (tertiary/aromatic N) is 2. The van der Waals surface area contributed by atoms with Crippen molar-refractivity contribution < 1.29 is 4.39 Å². The van der Waals surface area contributed by atoms with Gasteiger partial charge in [-0.1, -0.05) is 24.3 Å². The lowest BCUT2D eigenvalue weighted by Gasteiger charge is -2.19. The van der Waals surface area contributed by atoms with Crippen molar-refractivity contribution in [2.24, 2.45) is 0 Å². The van der Waals surface area contributed by atoms with Crippen LogP contribution in [0.1, 0.15) is 11.6 Å². The molecule has 0 aliphatic carbocycles. The van der Waals surface area contributed by atoms with E-state index in [0.717, 1.165) is 10.7 Å². The molecular weight excluding hydrogens is 285 g/mol. The molecule has 1 aromatic carbocycles. The highest BCUT2D eigenvalue weighted by Gasteiger charge is 2.16. The van der Waals surface area contributed by atoms with Crippen LogP contribution in [0.3, 0.4) is 0 Å². The molecule has 21 heavy (non-hydrogen) atoms. The SMILES string of the molecule is CNC(Cn1ccnc1-c1cccs1)c1ccccc1F. The molecule has 0 fully saturated rings. The van der Waals surface area contributed by atoms with Gasteiger partial charge >= 0.3 is 0 Å². The average molecular weight is 301 g/mol. The van der Waals surface area contributed by atoms with Crippen LogP contribution >= 0.6 is 11.3 Å². The number of halogens is 1. The maximum atomic E-state index is 14.0. The molecule has 3 rings (SSSR count). The van der Waals surface area contributed by atoms with E-state index in [9.17, 15) is 4.39 Å². The van der Waals surface area contributed by atoms with Crippen LogP contribution < -0.4 is 5.32 Å². The van der Waals surface area contributed by atoms with Crippen molar-refractivity contribution >= 4 is 11.3 Å². The standard InChI is InChI=1S/C16H16FN3S/c1-18-14(12-5-2-3-6-13(12)17)11-20-9-8-19-16(20)15-7-4-10-21-15/h2-10,14,18H,11H2,1H3. The van der Waals surface area contributed by atoms with Crippen LogP contribution in [0.4, 0.5) is 4.39 Å². The lowest BCUT2D eigenvalue weighted by Crippen LogP contribution is -2.23. The summed E-state index contributed by atoms with van der Waals surface area (Å²) < 4.78 is 16.0. The normalized spacial score (nSPS) is 12.5. The lowest BCUT2D eigenvalue weighted by molar-refractivity contribution is 0.476. The molecular formula is C16H16FN3S. The van der Waals surface area contributed by atoms with E-state index in [1.54, 1.807) is 23.6 Å². The van der Waals surface area contributed by atoms with Gasteiger partial charge in [-0.2, -0.15) is 0 Å². The van der Waals surface area contributed by atoms with E-state index in [1.807, 2.05) is 42.9 Å². The maximum absolute atomic E-state index is 14.0. The average Bonchev–Trinajstić information content (AvgIpc) is 3.16. The van der Waals surface area contributed by atoms with E-state index in [2.05, 4.69) is 14.9 Å². The van der Waals surface area contributed by atoms with Gasteiger partial charge < -0.3 is 9.88 Å². The Labute approximate surface area is 127 Å². The zero-order chi connectivity index (χ0) is 14.7. The van der Waals surface area contributed by atoms with Gasteiger partial charge in [-0.15, -0.1) is 11.3 Å². The molecule has 0 radical (unpaired) electrons. The van der Waals surface area contributed by atoms with E-state index in [1.165, 1.54) is 6.07 Å². The Hall–Kier alpha value is -1.98. The zero-order valence-corrected chi connectivity index (χ0v) is 12.5. The van der Waals surface area contributed by atoms with Gasteiger partial charge in [0.05, 0.1) is 10.9 Å². The molecule has 0 saturated carbocycles. The second kappa shape index (κ2) is 6.20. The van der Waals surface area contributed by atoms with Crippen LogP contribution in [0.15, 0.2) is 54.2 Å². The summed E-state index contributed by atoms with van der Waals surface area (Å²) in [4.78, 5) is 5.53. The van der Waals surface area contributed by atoms with Crippen molar-refractivity contribution in [1.82, 2.24) is 14.9 Å². The van der Waals surface area contributed by atoms with Gasteiger partial charge in [-0.25, -0.2) is 9.37 Å². The highest BCUT2D eigenvalue weighted by molar-refractivity contribution is 7.13. The largest absolute Gasteiger partial charge is 0.328 e. The molecule has 3 aromatic rings. The van der Waals surface area contributed by atoms with E-state index in [0.29, 0.717) is 12.1 Å². The first-order valence-corrected chi connectivity index (χ1v) is 7.64. The molecule has 2 aromatic heterocycles. The van der Waals surface area contributed by atoms with E-state index >= 15 is 0 Å². The minimum Gasteiger partial charge on any atom is -0.328 e. The Bertz CT molecular complexity index is 706. The zero-order valence-electron chi connectivity index (χ0n) is 11.7. The molecule has 1 atom stereocenters. The van der Waals surface area contributed by atoms with Crippen molar-refractivity contribution in [2.75, 3.05) is 7.05 Å². The second-order valence-electron chi connectivity index (χ2n) is 4.74. The van der Waals surface area contributed by atoms with Gasteiger partial charge in [0.1, 0.15) is 11.6 Å².